The molecule has 1 aliphatic rings. The van der Waals surface area contributed by atoms with E-state index in [1.54, 1.807) is 12.1 Å². The number of aromatic hydroxyl groups is 1. The first-order valence-electron chi connectivity index (χ1n) is 6.19. The van der Waals surface area contributed by atoms with Crippen LogP contribution in [0.15, 0.2) is 30.5 Å². The summed E-state index contributed by atoms with van der Waals surface area (Å²) >= 11 is 5.11. The molecular formula is C14H16N2O4S. The monoisotopic (exact) mass is 308 g/mol. The van der Waals surface area contributed by atoms with Gasteiger partial charge in [-0.25, -0.2) is 0 Å². The van der Waals surface area contributed by atoms with Crippen molar-refractivity contribution in [3.05, 3.63) is 36.0 Å². The Balaban J connectivity index is 2.43. The van der Waals surface area contributed by atoms with Gasteiger partial charge in [0, 0.05) is 5.70 Å². The maximum atomic E-state index is 12.0. The summed E-state index contributed by atoms with van der Waals surface area (Å²) in [6.45, 7) is 3.83. The largest absolute Gasteiger partial charge is 0.504 e. The van der Waals surface area contributed by atoms with Crippen LogP contribution in [0.1, 0.15) is 11.6 Å². The minimum atomic E-state index is -0.643. The van der Waals surface area contributed by atoms with Crippen LogP contribution in [0.25, 0.3) is 0 Å². The Labute approximate surface area is 127 Å². The van der Waals surface area contributed by atoms with Gasteiger partial charge in [-0.3, -0.25) is 4.79 Å². The van der Waals surface area contributed by atoms with Crippen LogP contribution in [0.5, 0.6) is 11.5 Å². The van der Waals surface area contributed by atoms with Gasteiger partial charge in [-0.1, -0.05) is 12.6 Å². The van der Waals surface area contributed by atoms with E-state index in [0.29, 0.717) is 16.6 Å². The van der Waals surface area contributed by atoms with Crippen LogP contribution in [0.4, 0.5) is 0 Å². The van der Waals surface area contributed by atoms with Crippen LogP contribution in [0.2, 0.25) is 0 Å². The Bertz CT molecular complexity index is 603. The minimum Gasteiger partial charge on any atom is -0.504 e. The van der Waals surface area contributed by atoms with Crippen molar-refractivity contribution in [1.29, 1.82) is 0 Å². The molecule has 1 aromatic rings. The molecule has 0 amide bonds. The zero-order chi connectivity index (χ0) is 15.6. The summed E-state index contributed by atoms with van der Waals surface area (Å²) in [6.07, 6.45) is 0. The molecule has 2 rings (SSSR count). The van der Waals surface area contributed by atoms with E-state index >= 15 is 0 Å². The van der Waals surface area contributed by atoms with E-state index in [4.69, 9.17) is 21.7 Å². The van der Waals surface area contributed by atoms with E-state index in [0.717, 1.165) is 5.56 Å². The number of carbonyl (C=O) groups is 1. The summed E-state index contributed by atoms with van der Waals surface area (Å²) in [5.41, 5.74) is 1.19. The Morgan fingerprint density at radius 1 is 1.43 bits per heavy atom. The van der Waals surface area contributed by atoms with Crippen LogP contribution in [0, 0.1) is 5.92 Å². The van der Waals surface area contributed by atoms with Gasteiger partial charge < -0.3 is 25.2 Å². The highest BCUT2D eigenvalue weighted by atomic mass is 32.1. The summed E-state index contributed by atoms with van der Waals surface area (Å²) in [7, 11) is 2.77. The van der Waals surface area contributed by atoms with Gasteiger partial charge in [-0.2, -0.15) is 0 Å². The highest BCUT2D eigenvalue weighted by molar-refractivity contribution is 7.80. The van der Waals surface area contributed by atoms with Crippen molar-refractivity contribution in [2.45, 2.75) is 6.04 Å². The van der Waals surface area contributed by atoms with Crippen molar-refractivity contribution < 1.29 is 19.4 Å². The maximum absolute atomic E-state index is 12.0. The van der Waals surface area contributed by atoms with Crippen molar-refractivity contribution in [1.82, 2.24) is 10.6 Å². The molecule has 2 atom stereocenters. The molecular weight excluding hydrogens is 292 g/mol. The van der Waals surface area contributed by atoms with Crippen LogP contribution < -0.4 is 15.4 Å². The molecule has 1 fully saturated rings. The van der Waals surface area contributed by atoms with E-state index in [9.17, 15) is 9.90 Å². The number of rotatable bonds is 3. The number of methoxy groups -OCH3 is 2. The van der Waals surface area contributed by atoms with E-state index in [1.807, 2.05) is 0 Å². The van der Waals surface area contributed by atoms with Gasteiger partial charge in [0.1, 0.15) is 5.92 Å². The van der Waals surface area contributed by atoms with Crippen molar-refractivity contribution in [3.63, 3.8) is 0 Å². The second kappa shape index (κ2) is 6.01. The topological polar surface area (TPSA) is 79.8 Å². The summed E-state index contributed by atoms with van der Waals surface area (Å²) in [4.78, 5) is 12.0. The molecule has 21 heavy (non-hydrogen) atoms. The van der Waals surface area contributed by atoms with Crippen molar-refractivity contribution in [3.8, 4) is 11.5 Å². The lowest BCUT2D eigenvalue weighted by atomic mass is 9.89. The highest BCUT2D eigenvalue weighted by Crippen LogP contribution is 2.35. The quantitative estimate of drug-likeness (QED) is 0.572. The molecule has 0 aromatic heterocycles. The van der Waals surface area contributed by atoms with E-state index in [2.05, 4.69) is 17.2 Å². The van der Waals surface area contributed by atoms with Crippen LogP contribution in [-0.4, -0.2) is 30.4 Å². The van der Waals surface area contributed by atoms with Crippen LogP contribution in [-0.2, 0) is 9.53 Å². The molecule has 112 valence electrons. The Morgan fingerprint density at radius 3 is 2.76 bits per heavy atom. The zero-order valence-corrected chi connectivity index (χ0v) is 12.5. The number of carbonyl (C=O) groups excluding carboxylic acids is 1. The van der Waals surface area contributed by atoms with Gasteiger partial charge in [0.25, 0.3) is 0 Å². The fourth-order valence-corrected chi connectivity index (χ4v) is 2.51. The smallest absolute Gasteiger partial charge is 0.317 e. The third-order valence-electron chi connectivity index (χ3n) is 3.29. The first-order chi connectivity index (χ1) is 9.97. The van der Waals surface area contributed by atoms with Gasteiger partial charge >= 0.3 is 5.97 Å². The van der Waals surface area contributed by atoms with E-state index in [-0.39, 0.29) is 5.75 Å². The van der Waals surface area contributed by atoms with E-state index in [1.165, 1.54) is 20.3 Å². The lowest BCUT2D eigenvalue weighted by Gasteiger charge is -2.34. The average molecular weight is 308 g/mol. The van der Waals surface area contributed by atoms with Crippen molar-refractivity contribution in [2.24, 2.45) is 5.92 Å². The molecule has 3 N–H and O–H groups in total. The Hall–Kier alpha value is -2.28. The number of phenolic OH excluding ortho intramolecular Hbond substituents is 1. The number of esters is 1. The van der Waals surface area contributed by atoms with Gasteiger partial charge in [0.2, 0.25) is 0 Å². The van der Waals surface area contributed by atoms with Gasteiger partial charge in [0.15, 0.2) is 16.6 Å². The second-order valence-electron chi connectivity index (χ2n) is 4.53. The first kappa shape index (κ1) is 15.1. The maximum Gasteiger partial charge on any atom is 0.317 e. The third-order valence-corrected chi connectivity index (χ3v) is 3.51. The molecule has 6 nitrogen and oxygen atoms in total. The number of benzene rings is 1. The molecule has 0 spiro atoms. The number of ether oxygens (including phenoxy) is 2. The van der Waals surface area contributed by atoms with E-state index < -0.39 is 17.9 Å². The zero-order valence-electron chi connectivity index (χ0n) is 11.7. The number of phenols is 1. The summed E-state index contributed by atoms with van der Waals surface area (Å²) < 4.78 is 9.91. The number of hydrogen-bond donors (Lipinski definition) is 3. The molecule has 1 heterocycles. The summed E-state index contributed by atoms with van der Waals surface area (Å²) in [5, 5.41) is 15.9. The molecule has 7 heteroatoms. The second-order valence-corrected chi connectivity index (χ2v) is 4.94. The normalized spacial score (nSPS) is 21.2. The van der Waals surface area contributed by atoms with Gasteiger partial charge in [-0.15, -0.1) is 0 Å². The predicted octanol–water partition coefficient (Wildman–Crippen LogP) is 1.22. The lowest BCUT2D eigenvalue weighted by Crippen LogP contribution is -2.50. The van der Waals surface area contributed by atoms with Crippen molar-refractivity contribution >= 4 is 23.3 Å². The van der Waals surface area contributed by atoms with Crippen LogP contribution in [0.3, 0.4) is 0 Å². The lowest BCUT2D eigenvalue weighted by molar-refractivity contribution is -0.145. The van der Waals surface area contributed by atoms with Gasteiger partial charge in [0.05, 0.1) is 20.3 Å². The molecule has 0 bridgehead atoms. The first-order valence-corrected chi connectivity index (χ1v) is 6.59. The fourth-order valence-electron chi connectivity index (χ4n) is 2.25. The summed E-state index contributed by atoms with van der Waals surface area (Å²) in [6, 6.07) is 4.38. The minimum absolute atomic E-state index is 0.0196. The Kier molecular flexibility index (Phi) is 4.32. The summed E-state index contributed by atoms with van der Waals surface area (Å²) in [5.74, 6) is -0.741. The predicted molar refractivity (Wildman–Crippen MR) is 80.9 cm³/mol. The average Bonchev–Trinajstić information content (AvgIpc) is 2.46. The Morgan fingerprint density at radius 2 is 2.14 bits per heavy atom. The molecule has 0 radical (unpaired) electrons. The van der Waals surface area contributed by atoms with Crippen molar-refractivity contribution in [2.75, 3.05) is 14.2 Å². The molecule has 1 aromatic carbocycles. The molecule has 1 aliphatic heterocycles. The molecule has 1 saturated heterocycles. The number of thiocarbonyl (C=S) groups is 1. The third kappa shape index (κ3) is 2.92. The van der Waals surface area contributed by atoms with Gasteiger partial charge in [-0.05, 0) is 29.9 Å². The fraction of sp³-hybridized carbons (Fsp3) is 0.286. The highest BCUT2D eigenvalue weighted by Gasteiger charge is 2.37. The SMILES string of the molecule is C=C1NC(=S)NC(c2ccc(O)c(OC)c2)C1C(=O)OC. The molecule has 2 unspecified atom stereocenters. The number of hydrogen-bond acceptors (Lipinski definition) is 5. The molecule has 0 saturated carbocycles. The number of nitrogens with one attached hydrogen (secondary N) is 2. The molecule has 0 aliphatic carbocycles. The standard InChI is InChI=1S/C14H16N2O4S/c1-7-11(13(18)20-3)12(16-14(21)15-7)8-4-5-9(17)10(6-8)19-2/h4-6,11-12,17H,1H2,2-3H3,(H2,15,16,21). The van der Waals surface area contributed by atoms with Crippen LogP contribution >= 0.6 is 12.2 Å².